The number of aromatic nitrogens is 8. The summed E-state index contributed by atoms with van der Waals surface area (Å²) in [4.78, 5) is 137. The maximum Gasteiger partial charge on any atom is 0.226 e. The van der Waals surface area contributed by atoms with Crippen LogP contribution in [-0.4, -0.2) is 115 Å². The predicted octanol–water partition coefficient (Wildman–Crippen LogP) is 20.6. The second-order valence-corrected chi connectivity index (χ2v) is 29.5. The number of ketones is 4. The topological polar surface area (TPSA) is 279 Å². The Morgan fingerprint density at radius 2 is 0.608 bits per heavy atom. The highest BCUT2D eigenvalue weighted by molar-refractivity contribution is 6.35. The Morgan fingerprint density at radius 3 is 0.892 bits per heavy atom. The summed E-state index contributed by atoms with van der Waals surface area (Å²) < 4.78 is 13.6. The maximum atomic E-state index is 13.6. The molecule has 0 aliphatic carbocycles. The number of halogens is 6. The second-order valence-electron chi connectivity index (χ2n) is 27.5. The van der Waals surface area contributed by atoms with Crippen molar-refractivity contribution in [2.45, 2.75) is 112 Å². The molecule has 0 saturated heterocycles. The van der Waals surface area contributed by atoms with E-state index in [4.69, 9.17) is 63.7 Å². The fourth-order valence-electron chi connectivity index (χ4n) is 12.3. The molecule has 0 spiro atoms. The average molecular weight is 1710 g/mol. The second kappa shape index (κ2) is 44.6. The van der Waals surface area contributed by atoms with Gasteiger partial charge in [0.05, 0.1) is 42.9 Å². The fourth-order valence-corrected chi connectivity index (χ4v) is 13.6. The maximum absolute atomic E-state index is 13.6. The van der Waals surface area contributed by atoms with Crippen LogP contribution in [0.5, 0.6) is 0 Å². The number of pyridine rings is 8. The van der Waals surface area contributed by atoms with Gasteiger partial charge in [0.25, 0.3) is 0 Å². The smallest absolute Gasteiger partial charge is 0.226 e. The summed E-state index contributed by atoms with van der Waals surface area (Å²) >= 11 is 31.7. The normalized spacial score (nSPS) is 10.7. The van der Waals surface area contributed by atoms with E-state index in [1.807, 2.05) is 88.4 Å². The molecule has 0 radical (unpaired) electrons. The molecule has 0 aliphatic heterocycles. The van der Waals surface area contributed by atoms with Crippen LogP contribution in [0.15, 0.2) is 219 Å². The number of nitrogens with two attached hydrogens (primary N) is 1. The zero-order valence-corrected chi connectivity index (χ0v) is 71.5. The molecule has 120 heavy (non-hydrogen) atoms. The summed E-state index contributed by atoms with van der Waals surface area (Å²) in [6, 6.07) is 50.0. The van der Waals surface area contributed by atoms with E-state index in [1.165, 1.54) is 12.4 Å². The highest BCUT2D eigenvalue weighted by Gasteiger charge is 2.21. The number of carbonyl (C=O) groups is 8. The minimum atomic E-state index is -0.553. The lowest BCUT2D eigenvalue weighted by Gasteiger charge is -2.17. The van der Waals surface area contributed by atoms with E-state index in [-0.39, 0.29) is 59.6 Å². The third-order valence-electron chi connectivity index (χ3n) is 19.7. The summed E-state index contributed by atoms with van der Waals surface area (Å²) in [5.74, 6) is -0.204. The number of nitrogen functional groups attached to an aromatic ring is 1. The lowest BCUT2D eigenvalue weighted by Crippen LogP contribution is -2.24. The van der Waals surface area contributed by atoms with E-state index in [9.17, 15) is 42.7 Å². The minimum absolute atomic E-state index is 0.00683. The number of amides is 4. The SMILES string of the molecule is CCC(=O)N(C)c1ccc(-c2ccc(C(=O)CCc3cccnc3C)cn2)c(Cl)c1.CCC(=O)N(C)c1ccc(-c2ccc(C(=O)CCc3cccnc3Cl)cn2)c(Cl)c1.CCC(=O)N(C)c1ccc(-c2ccc(C(=O)CCc3cccnc3F)cn2)c(Cl)c1.CCC(=O)N(C)c1ccc(-c2ccc(C(=O)CCc3cccnc3N)cn2)c(Cl)c1. The first-order chi connectivity index (χ1) is 57.6. The quantitative estimate of drug-likeness (QED) is 0.0352. The number of hydrogen-bond donors (Lipinski definition) is 1. The van der Waals surface area contributed by atoms with Crippen molar-refractivity contribution in [1.82, 2.24) is 39.9 Å². The monoisotopic (exact) mass is 1710 g/mol. The van der Waals surface area contributed by atoms with Crippen molar-refractivity contribution in [3.8, 4) is 45.0 Å². The molecule has 21 nitrogen and oxygen atoms in total. The van der Waals surface area contributed by atoms with Crippen molar-refractivity contribution in [2.24, 2.45) is 0 Å². The zero-order chi connectivity index (χ0) is 86.7. The lowest BCUT2D eigenvalue weighted by atomic mass is 10.0. The van der Waals surface area contributed by atoms with Crippen LogP contribution in [0.25, 0.3) is 45.0 Å². The third kappa shape index (κ3) is 25.0. The highest BCUT2D eigenvalue weighted by Crippen LogP contribution is 2.36. The van der Waals surface area contributed by atoms with E-state index in [2.05, 4.69) is 39.9 Å². The summed E-state index contributed by atoms with van der Waals surface area (Å²) in [6.45, 7) is 9.19. The van der Waals surface area contributed by atoms with E-state index in [1.54, 1.807) is 201 Å². The van der Waals surface area contributed by atoms with Crippen molar-refractivity contribution in [2.75, 3.05) is 53.5 Å². The Kier molecular flexibility index (Phi) is 34.1. The molecule has 0 saturated carbocycles. The van der Waals surface area contributed by atoms with E-state index < -0.39 is 5.95 Å². The molecule has 0 unspecified atom stereocenters. The summed E-state index contributed by atoms with van der Waals surface area (Å²) in [6.07, 6.45) is 17.4. The van der Waals surface area contributed by atoms with Gasteiger partial charge in [-0.05, 0) is 195 Å². The minimum Gasteiger partial charge on any atom is -0.383 e. The molecule has 0 bridgehead atoms. The molecule has 4 amide bonds. The average Bonchev–Trinajstić information content (AvgIpc) is 0.820. The van der Waals surface area contributed by atoms with Gasteiger partial charge in [-0.15, -0.1) is 0 Å². The lowest BCUT2D eigenvalue weighted by molar-refractivity contribution is -0.118. The van der Waals surface area contributed by atoms with Crippen molar-refractivity contribution in [3.05, 3.63) is 301 Å². The summed E-state index contributed by atoms with van der Waals surface area (Å²) in [7, 11) is 6.86. The molecule has 2 N–H and O–H groups in total. The first-order valence-corrected chi connectivity index (χ1v) is 40.5. The number of carbonyl (C=O) groups excluding carboxylic acids is 8. The van der Waals surface area contributed by atoms with Crippen molar-refractivity contribution in [1.29, 1.82) is 0 Å². The predicted molar refractivity (Wildman–Crippen MR) is 475 cm³/mol. The molecule has 0 aliphatic rings. The van der Waals surface area contributed by atoms with Crippen molar-refractivity contribution < 1.29 is 42.7 Å². The molecule has 4 aromatic carbocycles. The van der Waals surface area contributed by atoms with E-state index in [0.29, 0.717) is 157 Å². The van der Waals surface area contributed by atoms with Gasteiger partial charge in [-0.1, -0.05) is 110 Å². The number of rotatable bonds is 28. The Hall–Kier alpha value is -12.2. The molecule has 27 heteroatoms. The number of aryl methyl sites for hydroxylation is 5. The van der Waals surface area contributed by atoms with Gasteiger partial charge in [0, 0.05) is 208 Å². The van der Waals surface area contributed by atoms with Gasteiger partial charge in [0.1, 0.15) is 11.0 Å². The number of Topliss-reactive ketones (excluding diaryl/α,β-unsaturated/α-hetero) is 4. The molecule has 8 heterocycles. The molecule has 0 atom stereocenters. The van der Waals surface area contributed by atoms with E-state index in [0.717, 1.165) is 56.1 Å². The standard InChI is InChI=1S/C24H24ClN3O2.C23H21Cl2N3O2.C23H21ClFN3O2.C23H23ClN4O2/c1-4-24(30)28(3)19-9-10-20(21(25)14-19)22-11-7-18(15-27-22)23(29)12-8-17-6-5-13-26-16(17)2;3*1-3-22(30)28(2)17-8-9-18(19(24)13-17)20-10-6-16(14-27-20)21(29)11-7-15-5-4-12-26-23(15)25/h5-7,9-11,13-15H,4,8,12H2,1-3H3;2*4-6,8-10,12-14H,3,7,11H2,1-2H3;4-6,8-10,12-14H,3,7,11H2,1-2H3,(H2,25,26). The number of benzene rings is 4. The molecular weight excluding hydrogens is 1620 g/mol. The Morgan fingerprint density at radius 1 is 0.333 bits per heavy atom. The van der Waals surface area contributed by atoms with Gasteiger partial charge in [0.15, 0.2) is 23.1 Å². The van der Waals surface area contributed by atoms with Crippen LogP contribution in [0.2, 0.25) is 25.2 Å². The highest BCUT2D eigenvalue weighted by atomic mass is 35.5. The number of anilines is 5. The Balaban J connectivity index is 0.000000182. The van der Waals surface area contributed by atoms with Crippen molar-refractivity contribution >= 4 is 133 Å². The van der Waals surface area contributed by atoms with Crippen LogP contribution in [0.4, 0.5) is 33.0 Å². The molecule has 0 fully saturated rings. The zero-order valence-electron chi connectivity index (χ0n) is 67.7. The molecule has 12 rings (SSSR count). The van der Waals surface area contributed by atoms with Gasteiger partial charge in [0.2, 0.25) is 29.6 Å². The van der Waals surface area contributed by atoms with Gasteiger partial charge >= 0.3 is 0 Å². The van der Waals surface area contributed by atoms with Crippen LogP contribution in [0.3, 0.4) is 0 Å². The molecule has 616 valence electrons. The Labute approximate surface area is 722 Å². The summed E-state index contributed by atoms with van der Waals surface area (Å²) in [5, 5.41) is 2.36. The summed E-state index contributed by atoms with van der Waals surface area (Å²) in [5.41, 5.74) is 20.4. The molecule has 8 aromatic heterocycles. The van der Waals surface area contributed by atoms with Gasteiger partial charge in [-0.2, -0.15) is 4.39 Å². The van der Waals surface area contributed by atoms with Crippen LogP contribution in [0.1, 0.15) is 148 Å². The number of nitrogens with zero attached hydrogens (tertiary/aromatic N) is 12. The van der Waals surface area contributed by atoms with Crippen LogP contribution >= 0.6 is 58.0 Å². The molecule has 12 aromatic rings. The van der Waals surface area contributed by atoms with Gasteiger partial charge < -0.3 is 25.3 Å². The van der Waals surface area contributed by atoms with E-state index >= 15 is 0 Å². The third-order valence-corrected chi connectivity index (χ3v) is 21.3. The fraction of sp³-hybridized carbons (Fsp3) is 0.226. The Bertz CT molecular complexity index is 4960. The largest absolute Gasteiger partial charge is 0.383 e. The van der Waals surface area contributed by atoms with Crippen LogP contribution in [0, 0.1) is 12.9 Å². The van der Waals surface area contributed by atoms with Crippen LogP contribution in [-0.2, 0) is 44.9 Å². The van der Waals surface area contributed by atoms with Gasteiger partial charge in [-0.3, -0.25) is 63.3 Å². The first-order valence-electron chi connectivity index (χ1n) is 38.6. The van der Waals surface area contributed by atoms with Gasteiger partial charge in [-0.25, -0.2) is 15.0 Å². The van der Waals surface area contributed by atoms with Crippen molar-refractivity contribution in [3.63, 3.8) is 0 Å². The number of hydrogen-bond acceptors (Lipinski definition) is 17. The first kappa shape index (κ1) is 91.7. The molecular formula is C93H89Cl5FN13O8. The van der Waals surface area contributed by atoms with Crippen LogP contribution < -0.4 is 25.3 Å².